The fourth-order valence-electron chi connectivity index (χ4n) is 2.95. The van der Waals surface area contributed by atoms with Crippen molar-refractivity contribution < 1.29 is 14.3 Å². The number of ether oxygens (including phenoxy) is 2. The third-order valence-corrected chi connectivity index (χ3v) is 5.90. The Kier molecular flexibility index (Phi) is 6.77. The van der Waals surface area contributed by atoms with E-state index in [9.17, 15) is 4.79 Å². The molecular weight excluding hydrogens is 450 g/mol. The highest BCUT2D eigenvalue weighted by atomic mass is 35.5. The van der Waals surface area contributed by atoms with E-state index in [1.807, 2.05) is 22.8 Å². The molecule has 0 fully saturated rings. The Bertz CT molecular complexity index is 1160. The number of amides is 1. The van der Waals surface area contributed by atoms with Crippen molar-refractivity contribution in [1.29, 1.82) is 0 Å². The van der Waals surface area contributed by atoms with E-state index < -0.39 is 5.25 Å². The number of hydrazone groups is 1. The monoisotopic (exact) mass is 469 g/mol. The first-order valence-electron chi connectivity index (χ1n) is 9.74. The van der Waals surface area contributed by atoms with Gasteiger partial charge in [0.05, 0.1) is 11.5 Å². The topological polar surface area (TPSA) is 90.6 Å². The van der Waals surface area contributed by atoms with Gasteiger partial charge < -0.3 is 9.47 Å². The average Bonchev–Trinajstić information content (AvgIpc) is 3.41. The maximum Gasteiger partial charge on any atom is 0.253 e. The Labute approximate surface area is 194 Å². The number of nitrogens with zero attached hydrogens (tertiary/aromatic N) is 4. The smallest absolute Gasteiger partial charge is 0.253 e. The Morgan fingerprint density at radius 3 is 2.84 bits per heavy atom. The first-order chi connectivity index (χ1) is 15.5. The summed E-state index contributed by atoms with van der Waals surface area (Å²) in [4.78, 5) is 12.5. The maximum atomic E-state index is 12.5. The number of carbonyl (C=O) groups excluding carboxylic acids is 1. The second kappa shape index (κ2) is 9.88. The molecule has 3 aromatic rings. The average molecular weight is 470 g/mol. The van der Waals surface area contributed by atoms with Crippen LogP contribution in [0.4, 0.5) is 0 Å². The van der Waals surface area contributed by atoms with Gasteiger partial charge in [0, 0.05) is 17.1 Å². The van der Waals surface area contributed by atoms with Crippen molar-refractivity contribution in [2.45, 2.75) is 23.9 Å². The van der Waals surface area contributed by atoms with Crippen LogP contribution in [0.15, 0.2) is 65.4 Å². The van der Waals surface area contributed by atoms with Crippen LogP contribution in [0.25, 0.3) is 11.4 Å². The predicted octanol–water partition coefficient (Wildman–Crippen LogP) is 4.14. The zero-order chi connectivity index (χ0) is 22.5. The van der Waals surface area contributed by atoms with Gasteiger partial charge in [-0.2, -0.15) is 5.10 Å². The largest absolute Gasteiger partial charge is 0.454 e. The molecule has 2 aromatic carbocycles. The number of hydrogen-bond donors (Lipinski definition) is 1. The minimum absolute atomic E-state index is 0.206. The molecule has 8 nitrogen and oxygen atoms in total. The lowest BCUT2D eigenvalue weighted by molar-refractivity contribution is -0.120. The summed E-state index contributed by atoms with van der Waals surface area (Å²) in [7, 11) is 0. The summed E-state index contributed by atoms with van der Waals surface area (Å²) in [6.07, 6.45) is 3.31. The lowest BCUT2D eigenvalue weighted by Crippen LogP contribution is -2.27. The summed E-state index contributed by atoms with van der Waals surface area (Å²) >= 11 is 7.28. The summed E-state index contributed by atoms with van der Waals surface area (Å²) in [6, 6.07) is 12.8. The van der Waals surface area contributed by atoms with Gasteiger partial charge in [0.1, 0.15) is 0 Å². The molecule has 1 aliphatic rings. The lowest BCUT2D eigenvalue weighted by Gasteiger charge is -2.11. The number of benzene rings is 2. The van der Waals surface area contributed by atoms with Crippen LogP contribution in [0.2, 0.25) is 5.02 Å². The quantitative estimate of drug-likeness (QED) is 0.231. The second-order valence-corrected chi connectivity index (χ2v) is 8.56. The van der Waals surface area contributed by atoms with E-state index in [1.54, 1.807) is 43.5 Å². The molecular formula is C22H20ClN5O3S. The Morgan fingerprint density at radius 2 is 2.06 bits per heavy atom. The van der Waals surface area contributed by atoms with Gasteiger partial charge in [0.2, 0.25) is 6.79 Å². The van der Waals surface area contributed by atoms with Crippen molar-refractivity contribution in [3.05, 3.63) is 65.7 Å². The molecule has 0 radical (unpaired) electrons. The van der Waals surface area contributed by atoms with Crippen LogP contribution in [0.5, 0.6) is 11.5 Å². The van der Waals surface area contributed by atoms with E-state index in [-0.39, 0.29) is 12.7 Å². The van der Waals surface area contributed by atoms with Crippen molar-refractivity contribution in [3.63, 3.8) is 0 Å². The molecule has 32 heavy (non-hydrogen) atoms. The summed E-state index contributed by atoms with van der Waals surface area (Å²) in [5.41, 5.74) is 4.22. The molecule has 1 atom stereocenters. The highest BCUT2D eigenvalue weighted by Gasteiger charge is 2.20. The molecule has 0 saturated heterocycles. The van der Waals surface area contributed by atoms with Gasteiger partial charge in [0.25, 0.3) is 5.91 Å². The van der Waals surface area contributed by atoms with Crippen molar-refractivity contribution in [3.8, 4) is 22.9 Å². The standard InChI is InChI=1S/C22H20ClN5O3S/c1-3-10-28-20(16-5-7-17(23)8-6-16)25-27-22(28)32-14(2)21(29)26-24-12-15-4-9-18-19(11-15)31-13-30-18/h3-9,11-12,14H,1,10,13H2,2H3,(H,26,29)/b24-12-/t14-/m0/s1. The first-order valence-corrected chi connectivity index (χ1v) is 11.0. The zero-order valence-corrected chi connectivity index (χ0v) is 18.8. The molecule has 1 N–H and O–H groups in total. The van der Waals surface area contributed by atoms with E-state index in [0.717, 1.165) is 11.1 Å². The Morgan fingerprint density at radius 1 is 1.28 bits per heavy atom. The molecule has 0 aliphatic carbocycles. The number of fused-ring (bicyclic) bond motifs is 1. The molecule has 0 spiro atoms. The fraction of sp³-hybridized carbons (Fsp3) is 0.182. The number of carbonyl (C=O) groups is 1. The zero-order valence-electron chi connectivity index (χ0n) is 17.2. The number of rotatable bonds is 8. The lowest BCUT2D eigenvalue weighted by atomic mass is 10.2. The van der Waals surface area contributed by atoms with Crippen molar-refractivity contribution in [1.82, 2.24) is 20.2 Å². The number of aromatic nitrogens is 3. The molecule has 0 unspecified atom stereocenters. The predicted molar refractivity (Wildman–Crippen MR) is 124 cm³/mol. The maximum absolute atomic E-state index is 12.5. The fourth-order valence-corrected chi connectivity index (χ4v) is 3.93. The third-order valence-electron chi connectivity index (χ3n) is 4.57. The van der Waals surface area contributed by atoms with E-state index in [0.29, 0.717) is 34.0 Å². The number of hydrogen-bond acceptors (Lipinski definition) is 7. The van der Waals surface area contributed by atoms with Gasteiger partial charge in [-0.05, 0) is 55.0 Å². The molecule has 0 saturated carbocycles. The first kappa shape index (κ1) is 21.9. The summed E-state index contributed by atoms with van der Waals surface area (Å²) in [6.45, 7) is 6.30. The van der Waals surface area contributed by atoms with Crippen LogP contribution in [-0.4, -0.2) is 38.9 Å². The highest BCUT2D eigenvalue weighted by Crippen LogP contribution is 2.32. The van der Waals surface area contributed by atoms with Gasteiger partial charge in [-0.15, -0.1) is 16.8 Å². The van der Waals surface area contributed by atoms with Crippen LogP contribution in [0, 0.1) is 0 Å². The van der Waals surface area contributed by atoms with Crippen LogP contribution >= 0.6 is 23.4 Å². The van der Waals surface area contributed by atoms with Crippen molar-refractivity contribution >= 4 is 35.5 Å². The number of halogens is 1. The molecule has 4 rings (SSSR count). The third kappa shape index (κ3) is 4.95. The molecule has 1 aliphatic heterocycles. The number of allylic oxidation sites excluding steroid dienone is 1. The van der Waals surface area contributed by atoms with Gasteiger partial charge in [0.15, 0.2) is 22.5 Å². The minimum atomic E-state index is -0.449. The second-order valence-electron chi connectivity index (χ2n) is 6.82. The summed E-state index contributed by atoms with van der Waals surface area (Å²) in [5, 5.41) is 13.4. The van der Waals surface area contributed by atoms with Crippen LogP contribution < -0.4 is 14.9 Å². The molecule has 164 valence electrons. The van der Waals surface area contributed by atoms with Gasteiger partial charge in [-0.3, -0.25) is 9.36 Å². The van der Waals surface area contributed by atoms with Crippen molar-refractivity contribution in [2.75, 3.05) is 6.79 Å². The number of nitrogens with one attached hydrogen (secondary N) is 1. The molecule has 0 bridgehead atoms. The van der Waals surface area contributed by atoms with Crippen LogP contribution in [0.1, 0.15) is 12.5 Å². The molecule has 1 aromatic heterocycles. The van der Waals surface area contributed by atoms with Gasteiger partial charge >= 0.3 is 0 Å². The molecule has 10 heteroatoms. The molecule has 2 heterocycles. The minimum Gasteiger partial charge on any atom is -0.454 e. The normalized spacial score (nSPS) is 13.3. The summed E-state index contributed by atoms with van der Waals surface area (Å²) < 4.78 is 12.5. The van der Waals surface area contributed by atoms with Crippen molar-refractivity contribution in [2.24, 2.45) is 5.10 Å². The Hall–Kier alpha value is -3.30. The highest BCUT2D eigenvalue weighted by molar-refractivity contribution is 8.00. The van der Waals surface area contributed by atoms with Crippen LogP contribution in [-0.2, 0) is 11.3 Å². The molecule has 1 amide bonds. The van der Waals surface area contributed by atoms with E-state index in [2.05, 4.69) is 27.3 Å². The SMILES string of the molecule is C=CCn1c(S[C@@H](C)C(=O)N/N=C\c2ccc3c(c2)OCO3)nnc1-c1ccc(Cl)cc1. The van der Waals surface area contributed by atoms with E-state index in [4.69, 9.17) is 21.1 Å². The summed E-state index contributed by atoms with van der Waals surface area (Å²) in [5.74, 6) is 1.77. The van der Waals surface area contributed by atoms with Crippen LogP contribution in [0.3, 0.4) is 0 Å². The van der Waals surface area contributed by atoms with Gasteiger partial charge in [-0.25, -0.2) is 5.43 Å². The van der Waals surface area contributed by atoms with E-state index >= 15 is 0 Å². The van der Waals surface area contributed by atoms with E-state index in [1.165, 1.54) is 11.8 Å². The van der Waals surface area contributed by atoms with Gasteiger partial charge in [-0.1, -0.05) is 29.4 Å². The Balaban J connectivity index is 1.41. The number of thioether (sulfide) groups is 1.